The van der Waals surface area contributed by atoms with E-state index < -0.39 is 29.6 Å². The third kappa shape index (κ3) is 3.75. The normalized spacial score (nSPS) is 23.5. The third-order valence-electron chi connectivity index (χ3n) is 4.60. The summed E-state index contributed by atoms with van der Waals surface area (Å²) >= 11 is 0. The van der Waals surface area contributed by atoms with Gasteiger partial charge >= 0.3 is 11.5 Å². The van der Waals surface area contributed by atoms with Crippen LogP contribution in [0.15, 0.2) is 9.74 Å². The van der Waals surface area contributed by atoms with Crippen molar-refractivity contribution >= 4 is 11.6 Å². The van der Waals surface area contributed by atoms with Crippen molar-refractivity contribution in [2.24, 2.45) is 5.11 Å². The maximum absolute atomic E-state index is 12.5. The van der Waals surface area contributed by atoms with Gasteiger partial charge in [0.2, 0.25) is 5.82 Å². The van der Waals surface area contributed by atoms with Crippen molar-refractivity contribution in [2.75, 3.05) is 18.5 Å². The predicted molar refractivity (Wildman–Crippen MR) is 86.2 cm³/mol. The summed E-state index contributed by atoms with van der Waals surface area (Å²) in [5.74, 6) is -0.963. The first-order valence-electron chi connectivity index (χ1n) is 8.53. The van der Waals surface area contributed by atoms with Gasteiger partial charge in [0.25, 0.3) is 0 Å². The Morgan fingerprint density at radius 3 is 2.42 bits per heavy atom. The minimum absolute atomic E-state index is 0.0478. The molecule has 0 atom stereocenters. The standard InChI is InChI=1S/C14H22N6O6/c1-13(2)24-8-14(9-25-13,20(22)23)19(21)16-12-11(17-26-18-12)15-10-6-4-3-5-7-10/h10H,3-9H2,1-2H3,(H,15,17). The number of hydroxylamine groups is 1. The Balaban J connectivity index is 1.80. The Hall–Kier alpha value is -2.34. The number of anilines is 1. The Bertz CT molecular complexity index is 673. The molecule has 26 heavy (non-hydrogen) atoms. The van der Waals surface area contributed by atoms with Crippen LogP contribution in [-0.4, -0.2) is 50.8 Å². The first-order valence-corrected chi connectivity index (χ1v) is 8.53. The number of nitrogens with one attached hydrogen (secondary N) is 1. The summed E-state index contributed by atoms with van der Waals surface area (Å²) in [6.07, 6.45) is 5.30. The zero-order valence-corrected chi connectivity index (χ0v) is 14.7. The SMILES string of the molecule is CC1(C)OCC([N+](=O)[O-])([N+]([O-])=Nc2nonc2NC2CCCCC2)CO1. The molecule has 1 N–H and O–H groups in total. The quantitative estimate of drug-likeness (QED) is 0.270. The second-order valence-electron chi connectivity index (χ2n) is 7.01. The number of ether oxygens (including phenoxy) is 2. The van der Waals surface area contributed by atoms with Gasteiger partial charge in [-0.3, -0.25) is 10.1 Å². The lowest BCUT2D eigenvalue weighted by Crippen LogP contribution is -2.60. The van der Waals surface area contributed by atoms with Gasteiger partial charge in [0.05, 0.1) is 0 Å². The van der Waals surface area contributed by atoms with Crippen molar-refractivity contribution in [2.45, 2.75) is 63.4 Å². The summed E-state index contributed by atoms with van der Waals surface area (Å²) in [5, 5.41) is 38.1. The monoisotopic (exact) mass is 370 g/mol. The van der Waals surface area contributed by atoms with E-state index in [1.165, 1.54) is 6.42 Å². The Labute approximate surface area is 149 Å². The third-order valence-corrected chi connectivity index (χ3v) is 4.60. The number of nitrogens with zero attached hydrogens (tertiary/aromatic N) is 5. The molecule has 0 spiro atoms. The van der Waals surface area contributed by atoms with Crippen LogP contribution in [-0.2, 0) is 9.47 Å². The fraction of sp³-hybridized carbons (Fsp3) is 0.857. The molecule has 12 nitrogen and oxygen atoms in total. The molecule has 1 aliphatic heterocycles. The maximum atomic E-state index is 12.5. The van der Waals surface area contributed by atoms with Gasteiger partial charge in [0, 0.05) is 11.2 Å². The molecule has 1 aromatic rings. The minimum atomic E-state index is -2.20. The van der Waals surface area contributed by atoms with Crippen molar-refractivity contribution in [1.29, 1.82) is 0 Å². The predicted octanol–water partition coefficient (Wildman–Crippen LogP) is 2.16. The number of rotatable bonds is 5. The van der Waals surface area contributed by atoms with Gasteiger partial charge in [0.1, 0.15) is 4.92 Å². The highest BCUT2D eigenvalue weighted by molar-refractivity contribution is 5.53. The number of nitro groups is 1. The molecule has 2 heterocycles. The molecule has 0 bridgehead atoms. The lowest BCUT2D eigenvalue weighted by molar-refractivity contribution is -0.825. The van der Waals surface area contributed by atoms with Crippen molar-refractivity contribution < 1.29 is 23.9 Å². The summed E-state index contributed by atoms with van der Waals surface area (Å²) in [7, 11) is 0. The highest BCUT2D eigenvalue weighted by Gasteiger charge is 2.60. The van der Waals surface area contributed by atoms with Crippen molar-refractivity contribution in [3.8, 4) is 0 Å². The summed E-state index contributed by atoms with van der Waals surface area (Å²) in [5.41, 5.74) is -2.20. The molecule has 2 aliphatic rings. The van der Waals surface area contributed by atoms with Crippen LogP contribution in [0.1, 0.15) is 46.0 Å². The molecule has 2 fully saturated rings. The van der Waals surface area contributed by atoms with Crippen molar-refractivity contribution in [3.63, 3.8) is 0 Å². The van der Waals surface area contributed by atoms with Crippen LogP contribution in [0.2, 0.25) is 0 Å². The van der Waals surface area contributed by atoms with E-state index in [1.54, 1.807) is 13.8 Å². The Morgan fingerprint density at radius 2 is 1.81 bits per heavy atom. The summed E-state index contributed by atoms with van der Waals surface area (Å²) < 4.78 is 15.2. The lowest BCUT2D eigenvalue weighted by Gasteiger charge is -2.34. The van der Waals surface area contributed by atoms with Crippen LogP contribution in [0, 0.1) is 15.3 Å². The average Bonchev–Trinajstić information content (AvgIpc) is 3.02. The van der Waals surface area contributed by atoms with Gasteiger partial charge in [-0.05, 0) is 41.9 Å². The first kappa shape index (κ1) is 18.5. The first-order chi connectivity index (χ1) is 12.3. The van der Waals surface area contributed by atoms with E-state index in [1.807, 2.05) is 0 Å². The molecular formula is C14H22N6O6. The molecule has 1 aliphatic carbocycles. The summed E-state index contributed by atoms with van der Waals surface area (Å²) in [6.45, 7) is 2.27. The Kier molecular flexibility index (Phi) is 5.05. The molecule has 0 amide bonds. The lowest BCUT2D eigenvalue weighted by atomic mass is 9.95. The summed E-state index contributed by atoms with van der Waals surface area (Å²) in [6, 6.07) is 0.177. The van der Waals surface area contributed by atoms with Crippen LogP contribution < -0.4 is 5.32 Å². The van der Waals surface area contributed by atoms with Gasteiger partial charge in [-0.1, -0.05) is 19.3 Å². The van der Waals surface area contributed by atoms with Crippen LogP contribution in [0.25, 0.3) is 0 Å². The van der Waals surface area contributed by atoms with Crippen LogP contribution in [0.4, 0.5) is 11.6 Å². The fourth-order valence-electron chi connectivity index (χ4n) is 2.91. The van der Waals surface area contributed by atoms with Gasteiger partial charge in [-0.2, -0.15) is 0 Å². The van der Waals surface area contributed by atoms with E-state index in [2.05, 4.69) is 25.4 Å². The topological polar surface area (TPSA) is 151 Å². The van der Waals surface area contributed by atoms with Gasteiger partial charge in [-0.15, -0.1) is 0 Å². The van der Waals surface area contributed by atoms with E-state index in [0.29, 0.717) is 0 Å². The highest BCUT2D eigenvalue weighted by atomic mass is 16.7. The molecule has 1 aromatic heterocycles. The molecule has 12 heteroatoms. The number of azo groups is 1. The van der Waals surface area contributed by atoms with Gasteiger partial charge in [-0.25, -0.2) is 4.63 Å². The van der Waals surface area contributed by atoms with E-state index in [-0.39, 0.29) is 22.5 Å². The van der Waals surface area contributed by atoms with Crippen LogP contribution in [0.3, 0.4) is 0 Å². The number of hydrogen-bond acceptors (Lipinski definition) is 10. The number of aromatic nitrogens is 2. The average molecular weight is 370 g/mol. The van der Waals surface area contributed by atoms with Gasteiger partial charge in [0.15, 0.2) is 19.0 Å². The molecule has 0 aromatic carbocycles. The summed E-state index contributed by atoms with van der Waals surface area (Å²) in [4.78, 5) is 10.7. The van der Waals surface area contributed by atoms with E-state index in [0.717, 1.165) is 25.7 Å². The fourth-order valence-corrected chi connectivity index (χ4v) is 2.91. The molecule has 1 saturated carbocycles. The molecule has 0 unspecified atom stereocenters. The van der Waals surface area contributed by atoms with E-state index >= 15 is 0 Å². The van der Waals surface area contributed by atoms with E-state index in [4.69, 9.17) is 9.47 Å². The Morgan fingerprint density at radius 1 is 1.15 bits per heavy atom. The minimum Gasteiger partial charge on any atom is -0.594 e. The van der Waals surface area contributed by atoms with E-state index in [9.17, 15) is 15.3 Å². The maximum Gasteiger partial charge on any atom is 0.484 e. The second-order valence-corrected chi connectivity index (χ2v) is 7.01. The zero-order chi connectivity index (χ0) is 18.8. The number of hydrogen-bond donors (Lipinski definition) is 1. The molecule has 1 saturated heterocycles. The van der Waals surface area contributed by atoms with Gasteiger partial charge < -0.3 is 20.0 Å². The molecule has 3 rings (SSSR count). The van der Waals surface area contributed by atoms with Crippen molar-refractivity contribution in [3.05, 3.63) is 15.3 Å². The van der Waals surface area contributed by atoms with Crippen molar-refractivity contribution in [1.82, 2.24) is 10.3 Å². The molecular weight excluding hydrogens is 348 g/mol. The zero-order valence-electron chi connectivity index (χ0n) is 14.7. The highest BCUT2D eigenvalue weighted by Crippen LogP contribution is 2.30. The largest absolute Gasteiger partial charge is 0.594 e. The molecule has 0 radical (unpaired) electrons. The van der Waals surface area contributed by atoms with Crippen LogP contribution in [0.5, 0.6) is 0 Å². The molecule has 144 valence electrons. The van der Waals surface area contributed by atoms with Crippen LogP contribution >= 0.6 is 0 Å². The smallest absolute Gasteiger partial charge is 0.484 e. The second kappa shape index (κ2) is 7.11.